The van der Waals surface area contributed by atoms with Crippen LogP contribution in [0.3, 0.4) is 0 Å². The van der Waals surface area contributed by atoms with E-state index in [1.54, 1.807) is 91.9 Å². The van der Waals surface area contributed by atoms with Crippen LogP contribution in [0.2, 0.25) is 10.0 Å². The summed E-state index contributed by atoms with van der Waals surface area (Å²) < 4.78 is 5.42. The van der Waals surface area contributed by atoms with Gasteiger partial charge in [0, 0.05) is 26.7 Å². The quantitative estimate of drug-likeness (QED) is 0.126. The van der Waals surface area contributed by atoms with Gasteiger partial charge in [0.1, 0.15) is 11.4 Å². The number of ether oxygens (including phenoxy) is 1. The first-order chi connectivity index (χ1) is 20.2. The number of methoxy groups -OCH3 is 1. The van der Waals surface area contributed by atoms with Gasteiger partial charge in [0.15, 0.2) is 0 Å². The monoisotopic (exact) mass is 619 g/mol. The number of anilines is 2. The fourth-order valence-electron chi connectivity index (χ4n) is 3.81. The Bertz CT molecular complexity index is 1630. The van der Waals surface area contributed by atoms with Crippen molar-refractivity contribution in [3.63, 3.8) is 0 Å². The van der Waals surface area contributed by atoms with Crippen molar-refractivity contribution in [2.75, 3.05) is 17.7 Å². The Kier molecular flexibility index (Phi) is 10.7. The van der Waals surface area contributed by atoms with Crippen molar-refractivity contribution < 1.29 is 19.1 Å². The molecular formula is C32H27Cl2N3O4S. The molecule has 0 aliphatic heterocycles. The number of hydrogen-bond acceptors (Lipinski definition) is 5. The molecule has 0 saturated carbocycles. The average molecular weight is 621 g/mol. The molecule has 1 unspecified atom stereocenters. The summed E-state index contributed by atoms with van der Waals surface area (Å²) in [6.45, 7) is 1.77. The van der Waals surface area contributed by atoms with Crippen LogP contribution in [-0.4, -0.2) is 30.1 Å². The van der Waals surface area contributed by atoms with E-state index in [9.17, 15) is 14.4 Å². The van der Waals surface area contributed by atoms with Gasteiger partial charge in [-0.2, -0.15) is 0 Å². The molecule has 7 nitrogen and oxygen atoms in total. The van der Waals surface area contributed by atoms with Gasteiger partial charge in [-0.3, -0.25) is 14.4 Å². The van der Waals surface area contributed by atoms with E-state index < -0.39 is 17.1 Å². The number of benzene rings is 4. The van der Waals surface area contributed by atoms with Crippen LogP contribution in [-0.2, 0) is 9.59 Å². The summed E-state index contributed by atoms with van der Waals surface area (Å²) >= 11 is 13.4. The molecule has 4 aromatic carbocycles. The SMILES string of the molecule is COc1ccccc1/C=C(/NC(=O)c1ccccc1)C(=O)Nc1cccc(SC(C)C(=O)Nc2ccc(Cl)cc2Cl)c1. The molecule has 3 N–H and O–H groups in total. The van der Waals surface area contributed by atoms with Crippen molar-refractivity contribution in [2.24, 2.45) is 0 Å². The maximum Gasteiger partial charge on any atom is 0.272 e. The van der Waals surface area contributed by atoms with Gasteiger partial charge >= 0.3 is 0 Å². The molecule has 0 radical (unpaired) electrons. The molecule has 4 rings (SSSR count). The second-order valence-corrected chi connectivity index (χ2v) is 11.2. The zero-order valence-corrected chi connectivity index (χ0v) is 25.0. The number of carbonyl (C=O) groups is 3. The first kappa shape index (κ1) is 30.7. The highest BCUT2D eigenvalue weighted by molar-refractivity contribution is 8.00. The number of halogens is 2. The van der Waals surface area contributed by atoms with E-state index in [0.717, 1.165) is 4.90 Å². The van der Waals surface area contributed by atoms with E-state index in [4.69, 9.17) is 27.9 Å². The Morgan fingerprint density at radius 1 is 0.857 bits per heavy atom. The topological polar surface area (TPSA) is 96.5 Å². The van der Waals surface area contributed by atoms with Crippen molar-refractivity contribution in [3.05, 3.63) is 124 Å². The lowest BCUT2D eigenvalue weighted by Gasteiger charge is -2.15. The first-order valence-corrected chi connectivity index (χ1v) is 14.4. The Morgan fingerprint density at radius 3 is 2.33 bits per heavy atom. The third kappa shape index (κ3) is 8.39. The molecule has 0 spiro atoms. The molecule has 214 valence electrons. The zero-order chi connectivity index (χ0) is 30.1. The zero-order valence-electron chi connectivity index (χ0n) is 22.7. The van der Waals surface area contributed by atoms with Crippen molar-refractivity contribution in [1.29, 1.82) is 0 Å². The number of hydrogen-bond donors (Lipinski definition) is 3. The molecule has 42 heavy (non-hydrogen) atoms. The highest BCUT2D eigenvalue weighted by Crippen LogP contribution is 2.29. The van der Waals surface area contributed by atoms with Gasteiger partial charge in [-0.25, -0.2) is 0 Å². The minimum Gasteiger partial charge on any atom is -0.496 e. The molecule has 1 atom stereocenters. The molecule has 0 aliphatic rings. The summed E-state index contributed by atoms with van der Waals surface area (Å²) in [5.74, 6) is -0.668. The van der Waals surface area contributed by atoms with Crippen LogP contribution >= 0.6 is 35.0 Å². The van der Waals surface area contributed by atoms with E-state index in [2.05, 4.69) is 16.0 Å². The summed E-state index contributed by atoms with van der Waals surface area (Å²) in [5, 5.41) is 8.71. The van der Waals surface area contributed by atoms with Crippen molar-refractivity contribution in [1.82, 2.24) is 5.32 Å². The predicted octanol–water partition coefficient (Wildman–Crippen LogP) is 7.53. The Hall–Kier alpha value is -4.24. The smallest absolute Gasteiger partial charge is 0.272 e. The molecule has 10 heteroatoms. The number of nitrogens with one attached hydrogen (secondary N) is 3. The fourth-order valence-corrected chi connectivity index (χ4v) is 5.19. The minimum absolute atomic E-state index is 0.0269. The summed E-state index contributed by atoms with van der Waals surface area (Å²) in [6, 6.07) is 27.7. The summed E-state index contributed by atoms with van der Waals surface area (Å²) in [4.78, 5) is 40.0. The second-order valence-electron chi connectivity index (χ2n) is 8.98. The first-order valence-electron chi connectivity index (χ1n) is 12.8. The van der Waals surface area contributed by atoms with Crippen LogP contribution in [0.25, 0.3) is 6.08 Å². The van der Waals surface area contributed by atoms with Gasteiger partial charge in [-0.1, -0.05) is 65.7 Å². The van der Waals surface area contributed by atoms with Gasteiger partial charge in [0.05, 0.1) is 23.1 Å². The molecular weight excluding hydrogens is 593 g/mol. The molecule has 0 heterocycles. The van der Waals surface area contributed by atoms with Crippen LogP contribution in [0.1, 0.15) is 22.8 Å². The Morgan fingerprint density at radius 2 is 1.60 bits per heavy atom. The number of thioether (sulfide) groups is 1. The lowest BCUT2D eigenvalue weighted by molar-refractivity contribution is -0.115. The lowest BCUT2D eigenvalue weighted by atomic mass is 10.1. The van der Waals surface area contributed by atoms with E-state index in [1.165, 1.54) is 18.9 Å². The highest BCUT2D eigenvalue weighted by Gasteiger charge is 2.18. The molecule has 3 amide bonds. The number of amides is 3. The van der Waals surface area contributed by atoms with Gasteiger partial charge < -0.3 is 20.7 Å². The maximum absolute atomic E-state index is 13.5. The van der Waals surface area contributed by atoms with E-state index in [-0.39, 0.29) is 11.6 Å². The normalized spacial score (nSPS) is 11.8. The summed E-state index contributed by atoms with van der Waals surface area (Å²) in [6.07, 6.45) is 1.56. The van der Waals surface area contributed by atoms with Crippen LogP contribution < -0.4 is 20.7 Å². The molecule has 0 bridgehead atoms. The predicted molar refractivity (Wildman–Crippen MR) is 170 cm³/mol. The Balaban J connectivity index is 1.50. The second kappa shape index (κ2) is 14.6. The third-order valence-corrected chi connectivity index (χ3v) is 7.57. The van der Waals surface area contributed by atoms with E-state index in [0.29, 0.717) is 38.3 Å². The molecule has 0 fully saturated rings. The third-order valence-electron chi connectivity index (χ3n) is 5.93. The fraction of sp³-hybridized carbons (Fsp3) is 0.0938. The van der Waals surface area contributed by atoms with Crippen LogP contribution in [0.5, 0.6) is 5.75 Å². The molecule has 0 aromatic heterocycles. The average Bonchev–Trinajstić information content (AvgIpc) is 2.99. The van der Waals surface area contributed by atoms with Gasteiger partial charge in [-0.15, -0.1) is 11.8 Å². The minimum atomic E-state index is -0.532. The van der Waals surface area contributed by atoms with Crippen molar-refractivity contribution in [3.8, 4) is 5.75 Å². The number of carbonyl (C=O) groups excluding carboxylic acids is 3. The van der Waals surface area contributed by atoms with Crippen molar-refractivity contribution in [2.45, 2.75) is 17.1 Å². The van der Waals surface area contributed by atoms with Crippen LogP contribution in [0.4, 0.5) is 11.4 Å². The molecule has 0 saturated heterocycles. The largest absolute Gasteiger partial charge is 0.496 e. The Labute approximate surface area is 258 Å². The van der Waals surface area contributed by atoms with E-state index in [1.807, 2.05) is 18.2 Å². The van der Waals surface area contributed by atoms with Gasteiger partial charge in [0.25, 0.3) is 11.8 Å². The molecule has 0 aliphatic carbocycles. The van der Waals surface area contributed by atoms with Crippen LogP contribution in [0, 0.1) is 0 Å². The van der Waals surface area contributed by atoms with Crippen molar-refractivity contribution >= 4 is 70.1 Å². The van der Waals surface area contributed by atoms with E-state index >= 15 is 0 Å². The standard InChI is InChI=1S/C32H27Cl2N3O4S/c1-20(30(38)36-27-16-15-23(33)18-26(27)34)42-25-13-8-12-24(19-25)35-32(40)28(17-22-11-6-7-14-29(22)41-2)37-31(39)21-9-4-3-5-10-21/h3-20H,1-2H3,(H,35,40)(H,36,38)(H,37,39)/b28-17+. The molecule has 4 aromatic rings. The number of rotatable bonds is 10. The maximum atomic E-state index is 13.5. The highest BCUT2D eigenvalue weighted by atomic mass is 35.5. The number of para-hydroxylation sites is 1. The van der Waals surface area contributed by atoms with Gasteiger partial charge in [-0.05, 0) is 67.6 Å². The summed E-state index contributed by atoms with van der Waals surface area (Å²) in [7, 11) is 1.53. The summed E-state index contributed by atoms with van der Waals surface area (Å²) in [5.41, 5.74) is 1.99. The lowest BCUT2D eigenvalue weighted by Crippen LogP contribution is -2.30. The van der Waals surface area contributed by atoms with Gasteiger partial charge in [0.2, 0.25) is 5.91 Å². The van der Waals surface area contributed by atoms with Crippen LogP contribution in [0.15, 0.2) is 108 Å².